The molecule has 0 heterocycles. The first-order chi connectivity index (χ1) is 6.50. The summed E-state index contributed by atoms with van der Waals surface area (Å²) in [4.78, 5) is 10.7. The number of ketones is 1. The molecular weight excluding hydrogens is 186 g/mol. The number of carbonyl (C=O) groups is 1. The Balaban J connectivity index is 2.62. The normalized spacial score (nSPS) is 26.9. The van der Waals surface area contributed by atoms with Crippen molar-refractivity contribution in [3.8, 4) is 0 Å². The van der Waals surface area contributed by atoms with Crippen molar-refractivity contribution >= 4 is 5.78 Å². The molecule has 0 fully saturated rings. The predicted octanol–water partition coefficient (Wildman–Crippen LogP) is 3.12. The van der Waals surface area contributed by atoms with E-state index in [1.807, 2.05) is 0 Å². The van der Waals surface area contributed by atoms with Crippen LogP contribution in [0.15, 0.2) is 23.6 Å². The van der Waals surface area contributed by atoms with Crippen LogP contribution in [-0.4, -0.2) is 12.0 Å². The zero-order valence-electron chi connectivity index (χ0n) is 8.39. The van der Waals surface area contributed by atoms with Gasteiger partial charge in [0.25, 0.3) is 0 Å². The molecule has 0 aliphatic heterocycles. The summed E-state index contributed by atoms with van der Waals surface area (Å²) in [6.45, 7) is 3.09. The maximum Gasteiger partial charge on any atom is 0.129 e. The Labute approximate surface area is 82.5 Å². The van der Waals surface area contributed by atoms with E-state index in [1.165, 1.54) is 19.1 Å². The monoisotopic (exact) mass is 200 g/mol. The lowest BCUT2D eigenvalue weighted by molar-refractivity contribution is -0.117. The molecule has 0 saturated heterocycles. The van der Waals surface area contributed by atoms with Gasteiger partial charge < -0.3 is 4.79 Å². The van der Waals surface area contributed by atoms with Crippen LogP contribution in [0.3, 0.4) is 0 Å². The summed E-state index contributed by atoms with van der Waals surface area (Å²) in [5.74, 6) is -1.24. The van der Waals surface area contributed by atoms with E-state index in [2.05, 4.69) is 0 Å². The number of carbonyl (C=O) groups excluding carboxylic acids is 1. The molecule has 0 spiro atoms. The van der Waals surface area contributed by atoms with Crippen molar-refractivity contribution < 1.29 is 13.6 Å². The topological polar surface area (TPSA) is 17.1 Å². The van der Waals surface area contributed by atoms with E-state index in [9.17, 15) is 13.6 Å². The van der Waals surface area contributed by atoms with E-state index in [-0.39, 0.29) is 18.6 Å². The molecule has 0 saturated carbocycles. The van der Waals surface area contributed by atoms with Gasteiger partial charge in [-0.1, -0.05) is 0 Å². The van der Waals surface area contributed by atoms with Gasteiger partial charge in [-0.15, -0.1) is 0 Å². The molecule has 14 heavy (non-hydrogen) atoms. The maximum atomic E-state index is 13.3. The highest BCUT2D eigenvalue weighted by Crippen LogP contribution is 2.30. The zero-order chi connectivity index (χ0) is 10.7. The van der Waals surface area contributed by atoms with E-state index in [4.69, 9.17) is 0 Å². The van der Waals surface area contributed by atoms with Gasteiger partial charge in [0.05, 0.1) is 0 Å². The van der Waals surface area contributed by atoms with Crippen molar-refractivity contribution in [2.45, 2.75) is 32.9 Å². The van der Waals surface area contributed by atoms with Crippen LogP contribution in [0, 0.1) is 5.92 Å². The molecule has 1 aliphatic rings. The van der Waals surface area contributed by atoms with Crippen LogP contribution in [-0.2, 0) is 4.79 Å². The molecule has 1 aliphatic carbocycles. The van der Waals surface area contributed by atoms with Crippen molar-refractivity contribution in [1.82, 2.24) is 0 Å². The number of halogens is 2. The van der Waals surface area contributed by atoms with Crippen LogP contribution < -0.4 is 0 Å². The van der Waals surface area contributed by atoms with Crippen molar-refractivity contribution in [2.75, 3.05) is 0 Å². The second-order valence-electron chi connectivity index (χ2n) is 3.73. The van der Waals surface area contributed by atoms with Gasteiger partial charge in [0.1, 0.15) is 17.8 Å². The molecule has 0 radical (unpaired) electrons. The van der Waals surface area contributed by atoms with Gasteiger partial charge in [0, 0.05) is 12.3 Å². The van der Waals surface area contributed by atoms with Crippen LogP contribution in [0.4, 0.5) is 8.78 Å². The summed E-state index contributed by atoms with van der Waals surface area (Å²) >= 11 is 0. The number of Topliss-reactive ketones (excluding diaryl/α,β-unsaturated/α-hetero) is 1. The predicted molar refractivity (Wildman–Crippen MR) is 51.2 cm³/mol. The van der Waals surface area contributed by atoms with E-state index in [0.29, 0.717) is 5.57 Å². The number of alkyl halides is 1. The number of hydrogen-bond acceptors (Lipinski definition) is 1. The maximum absolute atomic E-state index is 13.3. The Morgan fingerprint density at radius 1 is 1.57 bits per heavy atom. The summed E-state index contributed by atoms with van der Waals surface area (Å²) in [6.07, 6.45) is 1.93. The van der Waals surface area contributed by atoms with Gasteiger partial charge in [-0.25, -0.2) is 8.78 Å². The summed E-state index contributed by atoms with van der Waals surface area (Å²) < 4.78 is 26.6. The minimum Gasteiger partial charge on any atom is -0.300 e. The van der Waals surface area contributed by atoms with E-state index in [0.717, 1.165) is 0 Å². The Kier molecular flexibility index (Phi) is 3.55. The number of hydrogen-bond donors (Lipinski definition) is 0. The Morgan fingerprint density at radius 2 is 2.21 bits per heavy atom. The molecule has 3 heteroatoms. The van der Waals surface area contributed by atoms with Crippen LogP contribution in [0.1, 0.15) is 26.7 Å². The van der Waals surface area contributed by atoms with Crippen LogP contribution in [0.2, 0.25) is 0 Å². The molecule has 1 nitrogen and oxygen atoms in total. The third kappa shape index (κ3) is 2.76. The lowest BCUT2D eigenvalue weighted by atomic mass is 9.90. The average Bonchev–Trinajstić information content (AvgIpc) is 2.01. The standard InChI is InChI=1S/C11H14F2O/c1-7-5-10(12)9(11(13)6-7)4-3-8(2)14/h5-6,9-10H,3-4H2,1-2H3. The second-order valence-corrected chi connectivity index (χ2v) is 3.73. The Hall–Kier alpha value is -0.990. The van der Waals surface area contributed by atoms with E-state index in [1.54, 1.807) is 6.92 Å². The number of rotatable bonds is 3. The molecule has 0 amide bonds. The Bertz CT molecular complexity index is 292. The van der Waals surface area contributed by atoms with Gasteiger partial charge in [0.15, 0.2) is 0 Å². The molecule has 0 aromatic heterocycles. The molecule has 0 aromatic carbocycles. The van der Waals surface area contributed by atoms with Gasteiger partial charge in [-0.05, 0) is 38.0 Å². The summed E-state index contributed by atoms with van der Waals surface area (Å²) in [5, 5.41) is 0. The van der Waals surface area contributed by atoms with E-state index < -0.39 is 17.9 Å². The minimum atomic E-state index is -1.29. The fourth-order valence-electron chi connectivity index (χ4n) is 1.55. The van der Waals surface area contributed by atoms with Crippen molar-refractivity contribution in [3.63, 3.8) is 0 Å². The van der Waals surface area contributed by atoms with Crippen LogP contribution >= 0.6 is 0 Å². The van der Waals surface area contributed by atoms with Crippen molar-refractivity contribution in [3.05, 3.63) is 23.6 Å². The highest BCUT2D eigenvalue weighted by Gasteiger charge is 2.26. The van der Waals surface area contributed by atoms with Crippen LogP contribution in [0.25, 0.3) is 0 Å². The van der Waals surface area contributed by atoms with Gasteiger partial charge in [-0.2, -0.15) is 0 Å². The van der Waals surface area contributed by atoms with Crippen LogP contribution in [0.5, 0.6) is 0 Å². The van der Waals surface area contributed by atoms with Gasteiger partial charge >= 0.3 is 0 Å². The minimum absolute atomic E-state index is 0.0312. The summed E-state index contributed by atoms with van der Waals surface area (Å²) in [6, 6.07) is 0. The largest absolute Gasteiger partial charge is 0.300 e. The second kappa shape index (κ2) is 4.49. The molecule has 0 aromatic rings. The zero-order valence-corrected chi connectivity index (χ0v) is 8.39. The molecule has 0 N–H and O–H groups in total. The molecule has 2 unspecified atom stereocenters. The van der Waals surface area contributed by atoms with E-state index >= 15 is 0 Å². The molecular formula is C11H14F2O. The summed E-state index contributed by atoms with van der Waals surface area (Å²) in [5.41, 5.74) is 0.606. The first-order valence-electron chi connectivity index (χ1n) is 4.69. The first-order valence-corrected chi connectivity index (χ1v) is 4.69. The SMILES string of the molecule is CC(=O)CCC1C(F)=CC(C)=CC1F. The molecule has 1 rings (SSSR count). The fraction of sp³-hybridized carbons (Fsp3) is 0.545. The third-order valence-corrected chi connectivity index (χ3v) is 2.33. The number of allylic oxidation sites excluding steroid dienone is 4. The molecule has 0 bridgehead atoms. The van der Waals surface area contributed by atoms with Crippen molar-refractivity contribution in [1.29, 1.82) is 0 Å². The average molecular weight is 200 g/mol. The fourth-order valence-corrected chi connectivity index (χ4v) is 1.55. The molecule has 78 valence electrons. The smallest absolute Gasteiger partial charge is 0.129 e. The quantitative estimate of drug-likeness (QED) is 0.684. The summed E-state index contributed by atoms with van der Waals surface area (Å²) in [7, 11) is 0. The third-order valence-electron chi connectivity index (χ3n) is 2.33. The van der Waals surface area contributed by atoms with Gasteiger partial charge in [-0.3, -0.25) is 0 Å². The Morgan fingerprint density at radius 3 is 2.71 bits per heavy atom. The first kappa shape index (κ1) is 11.1. The lowest BCUT2D eigenvalue weighted by Gasteiger charge is -2.20. The van der Waals surface area contributed by atoms with Gasteiger partial charge in [0.2, 0.25) is 0 Å². The molecule has 2 atom stereocenters. The van der Waals surface area contributed by atoms with Crippen molar-refractivity contribution in [2.24, 2.45) is 5.92 Å². The highest BCUT2D eigenvalue weighted by atomic mass is 19.1. The highest BCUT2D eigenvalue weighted by molar-refractivity contribution is 5.75. The lowest BCUT2D eigenvalue weighted by Crippen LogP contribution is -2.19.